The van der Waals surface area contributed by atoms with E-state index in [-0.39, 0.29) is 11.3 Å². The first-order chi connectivity index (χ1) is 7.06. The Hall–Kier alpha value is -0.770. The number of ether oxygens (including phenoxy) is 1. The third-order valence-corrected chi connectivity index (χ3v) is 3.18. The van der Waals surface area contributed by atoms with Crippen LogP contribution in [0.2, 0.25) is 0 Å². The van der Waals surface area contributed by atoms with Gasteiger partial charge < -0.3 is 15.7 Å². The van der Waals surface area contributed by atoms with Crippen LogP contribution in [0.15, 0.2) is 5.16 Å². The van der Waals surface area contributed by atoms with E-state index in [1.807, 2.05) is 13.8 Å². The van der Waals surface area contributed by atoms with Gasteiger partial charge in [-0.25, -0.2) is 0 Å². The van der Waals surface area contributed by atoms with Crippen molar-refractivity contribution < 1.29 is 9.94 Å². The Morgan fingerprint density at radius 2 is 2.07 bits per heavy atom. The van der Waals surface area contributed by atoms with Crippen LogP contribution in [-0.4, -0.2) is 23.8 Å². The summed E-state index contributed by atoms with van der Waals surface area (Å²) in [6.07, 6.45) is 6.17. The smallest absolute Gasteiger partial charge is 0.144 e. The second-order valence-electron chi connectivity index (χ2n) is 4.90. The summed E-state index contributed by atoms with van der Waals surface area (Å²) < 4.78 is 5.74. The SMILES string of the molecule is CC(C)(CCOC1CCCC1)C(N)=NO. The molecule has 0 aliphatic heterocycles. The molecule has 4 nitrogen and oxygen atoms in total. The summed E-state index contributed by atoms with van der Waals surface area (Å²) in [5.41, 5.74) is 5.31. The number of hydrogen-bond acceptors (Lipinski definition) is 3. The molecule has 1 rings (SSSR count). The van der Waals surface area contributed by atoms with E-state index >= 15 is 0 Å². The summed E-state index contributed by atoms with van der Waals surface area (Å²) in [4.78, 5) is 0. The molecule has 0 atom stereocenters. The average molecular weight is 214 g/mol. The lowest BCUT2D eigenvalue weighted by Gasteiger charge is -2.23. The van der Waals surface area contributed by atoms with Gasteiger partial charge in [0.2, 0.25) is 0 Å². The molecular weight excluding hydrogens is 192 g/mol. The van der Waals surface area contributed by atoms with Crippen LogP contribution in [0.25, 0.3) is 0 Å². The predicted octanol–water partition coefficient (Wildman–Crippen LogP) is 2.11. The number of oxime groups is 1. The van der Waals surface area contributed by atoms with Gasteiger partial charge in [0.05, 0.1) is 6.10 Å². The zero-order valence-electron chi connectivity index (χ0n) is 9.70. The highest BCUT2D eigenvalue weighted by atomic mass is 16.5. The Labute approximate surface area is 91.5 Å². The maximum Gasteiger partial charge on any atom is 0.144 e. The zero-order chi connectivity index (χ0) is 11.3. The van der Waals surface area contributed by atoms with E-state index in [0.29, 0.717) is 12.7 Å². The van der Waals surface area contributed by atoms with Crippen LogP contribution in [-0.2, 0) is 4.74 Å². The fourth-order valence-electron chi connectivity index (χ4n) is 1.80. The molecule has 0 aromatic heterocycles. The summed E-state index contributed by atoms with van der Waals surface area (Å²) in [6.45, 7) is 4.61. The van der Waals surface area contributed by atoms with Crippen molar-refractivity contribution in [1.29, 1.82) is 0 Å². The number of amidine groups is 1. The summed E-state index contributed by atoms with van der Waals surface area (Å²) in [6, 6.07) is 0. The topological polar surface area (TPSA) is 67.8 Å². The lowest BCUT2D eigenvalue weighted by Crippen LogP contribution is -2.33. The number of nitrogens with zero attached hydrogens (tertiary/aromatic N) is 1. The van der Waals surface area contributed by atoms with Crippen molar-refractivity contribution in [1.82, 2.24) is 0 Å². The fraction of sp³-hybridized carbons (Fsp3) is 0.909. The molecule has 0 aromatic carbocycles. The van der Waals surface area contributed by atoms with Crippen LogP contribution in [0.1, 0.15) is 46.0 Å². The average Bonchev–Trinajstić information content (AvgIpc) is 2.69. The number of hydrogen-bond donors (Lipinski definition) is 2. The van der Waals surface area contributed by atoms with Crippen molar-refractivity contribution in [3.63, 3.8) is 0 Å². The third kappa shape index (κ3) is 3.70. The van der Waals surface area contributed by atoms with E-state index in [2.05, 4.69) is 5.16 Å². The summed E-state index contributed by atoms with van der Waals surface area (Å²) in [5.74, 6) is 0.275. The lowest BCUT2D eigenvalue weighted by molar-refractivity contribution is 0.0469. The van der Waals surface area contributed by atoms with Gasteiger partial charge in [-0.15, -0.1) is 0 Å². The molecule has 15 heavy (non-hydrogen) atoms. The first-order valence-electron chi connectivity index (χ1n) is 5.66. The third-order valence-electron chi connectivity index (χ3n) is 3.18. The van der Waals surface area contributed by atoms with Gasteiger partial charge in [0.15, 0.2) is 0 Å². The Bertz CT molecular complexity index is 221. The molecule has 1 aliphatic carbocycles. The quantitative estimate of drug-likeness (QED) is 0.319. The number of rotatable bonds is 5. The Kier molecular flexibility index (Phi) is 4.39. The Morgan fingerprint density at radius 1 is 1.47 bits per heavy atom. The van der Waals surface area contributed by atoms with Crippen molar-refractivity contribution in [3.05, 3.63) is 0 Å². The molecule has 88 valence electrons. The summed E-state index contributed by atoms with van der Waals surface area (Å²) >= 11 is 0. The van der Waals surface area contributed by atoms with Gasteiger partial charge in [-0.05, 0) is 19.3 Å². The second-order valence-corrected chi connectivity index (χ2v) is 4.90. The molecule has 1 aliphatic rings. The first kappa shape index (κ1) is 12.3. The second kappa shape index (κ2) is 5.35. The molecule has 4 heteroatoms. The van der Waals surface area contributed by atoms with Gasteiger partial charge >= 0.3 is 0 Å². The summed E-state index contributed by atoms with van der Waals surface area (Å²) in [7, 11) is 0. The van der Waals surface area contributed by atoms with Gasteiger partial charge in [0.1, 0.15) is 5.84 Å². The van der Waals surface area contributed by atoms with Gasteiger partial charge in [0, 0.05) is 12.0 Å². The largest absolute Gasteiger partial charge is 0.409 e. The highest BCUT2D eigenvalue weighted by Gasteiger charge is 2.24. The van der Waals surface area contributed by atoms with Gasteiger partial charge in [-0.1, -0.05) is 31.8 Å². The van der Waals surface area contributed by atoms with E-state index in [1.54, 1.807) is 0 Å². The van der Waals surface area contributed by atoms with Crippen molar-refractivity contribution in [2.24, 2.45) is 16.3 Å². The zero-order valence-corrected chi connectivity index (χ0v) is 9.70. The molecular formula is C11H22N2O2. The monoisotopic (exact) mass is 214 g/mol. The van der Waals surface area contributed by atoms with E-state index in [1.165, 1.54) is 25.7 Å². The standard InChI is InChI=1S/C11H22N2O2/c1-11(2,10(12)13-14)7-8-15-9-5-3-4-6-9/h9,14H,3-8H2,1-2H3,(H2,12,13). The molecule has 0 heterocycles. The molecule has 0 bridgehead atoms. The van der Waals surface area contributed by atoms with Gasteiger partial charge in [-0.2, -0.15) is 0 Å². The maximum atomic E-state index is 8.60. The van der Waals surface area contributed by atoms with Crippen LogP contribution >= 0.6 is 0 Å². The van der Waals surface area contributed by atoms with Crippen LogP contribution in [0, 0.1) is 5.41 Å². The van der Waals surface area contributed by atoms with E-state index < -0.39 is 0 Å². The van der Waals surface area contributed by atoms with Crippen molar-refractivity contribution in [2.75, 3.05) is 6.61 Å². The van der Waals surface area contributed by atoms with Crippen LogP contribution < -0.4 is 5.73 Å². The lowest BCUT2D eigenvalue weighted by atomic mass is 9.88. The first-order valence-corrected chi connectivity index (χ1v) is 5.66. The molecule has 1 fully saturated rings. The molecule has 0 unspecified atom stereocenters. The minimum Gasteiger partial charge on any atom is -0.409 e. The molecule has 0 aromatic rings. The Morgan fingerprint density at radius 3 is 2.60 bits per heavy atom. The summed E-state index contributed by atoms with van der Waals surface area (Å²) in [5, 5.41) is 11.7. The van der Waals surface area contributed by atoms with Crippen LogP contribution in [0.5, 0.6) is 0 Å². The highest BCUT2D eigenvalue weighted by molar-refractivity contribution is 5.85. The molecule has 1 saturated carbocycles. The molecule has 3 N–H and O–H groups in total. The Balaban J connectivity index is 2.23. The molecule has 0 amide bonds. The van der Waals surface area contributed by atoms with Crippen molar-refractivity contribution in [3.8, 4) is 0 Å². The van der Waals surface area contributed by atoms with Gasteiger partial charge in [0.25, 0.3) is 0 Å². The van der Waals surface area contributed by atoms with E-state index in [9.17, 15) is 0 Å². The van der Waals surface area contributed by atoms with Crippen LogP contribution in [0.3, 0.4) is 0 Å². The van der Waals surface area contributed by atoms with Gasteiger partial charge in [-0.3, -0.25) is 0 Å². The van der Waals surface area contributed by atoms with Crippen molar-refractivity contribution in [2.45, 2.75) is 52.1 Å². The van der Waals surface area contributed by atoms with E-state index in [4.69, 9.17) is 15.7 Å². The van der Waals surface area contributed by atoms with Crippen molar-refractivity contribution >= 4 is 5.84 Å². The molecule has 0 radical (unpaired) electrons. The van der Waals surface area contributed by atoms with Crippen LogP contribution in [0.4, 0.5) is 0 Å². The van der Waals surface area contributed by atoms with E-state index in [0.717, 1.165) is 6.42 Å². The fourth-order valence-corrected chi connectivity index (χ4v) is 1.80. The minimum absolute atomic E-state index is 0.275. The normalized spacial score (nSPS) is 19.7. The molecule has 0 spiro atoms. The predicted molar refractivity (Wildman–Crippen MR) is 60.0 cm³/mol. The molecule has 0 saturated heterocycles. The minimum atomic E-state index is -0.284. The highest BCUT2D eigenvalue weighted by Crippen LogP contribution is 2.24. The maximum absolute atomic E-state index is 8.60. The number of nitrogens with two attached hydrogens (primary N) is 1.